The van der Waals surface area contributed by atoms with E-state index in [0.717, 1.165) is 19.4 Å². The van der Waals surface area contributed by atoms with Crippen LogP contribution < -0.4 is 29.3 Å². The van der Waals surface area contributed by atoms with Crippen molar-refractivity contribution in [3.8, 4) is 0 Å². The molecule has 3 N–H and O–H groups in total. The second-order valence-corrected chi connectivity index (χ2v) is 26.7. The minimum absolute atomic E-state index is 0.312. The number of esters is 1. The Hall–Kier alpha value is -2.89. The first kappa shape index (κ1) is 43.5. The first-order chi connectivity index (χ1) is 24.4. The Morgan fingerprint density at radius 1 is 0.615 bits per heavy atom. The van der Waals surface area contributed by atoms with E-state index < -0.39 is 88.6 Å². The van der Waals surface area contributed by atoms with E-state index in [1.165, 1.54) is 6.92 Å². The second kappa shape index (κ2) is 20.5. The molecule has 0 aliphatic carbocycles. The van der Waals surface area contributed by atoms with Crippen LogP contribution in [0.15, 0.2) is 91.0 Å². The molecule has 3 aromatic carbocycles. The van der Waals surface area contributed by atoms with Crippen LogP contribution in [0, 0.1) is 0 Å². The third kappa shape index (κ3) is 14.9. The first-order valence-corrected chi connectivity index (χ1v) is 26.0. The van der Waals surface area contributed by atoms with Crippen molar-refractivity contribution in [3.63, 3.8) is 0 Å². The molecule has 0 aromatic heterocycles. The van der Waals surface area contributed by atoms with E-state index in [1.807, 2.05) is 66.0 Å². The van der Waals surface area contributed by atoms with Gasteiger partial charge in [0, 0.05) is 0 Å². The molecule has 3 amide bonds. The zero-order valence-electron chi connectivity index (χ0n) is 29.9. The fourth-order valence-corrected chi connectivity index (χ4v) is 12.1. The Kier molecular flexibility index (Phi) is 17.2. The molecule has 0 radical (unpaired) electrons. The van der Waals surface area contributed by atoms with Gasteiger partial charge in [-0.1, -0.05) is 0 Å². The summed E-state index contributed by atoms with van der Waals surface area (Å²) in [6.45, 7) is 11.8. The summed E-state index contributed by atoms with van der Waals surface area (Å²) in [7, 11) is -1.46. The predicted octanol–water partition coefficient (Wildman–Crippen LogP) is 3.40. The summed E-state index contributed by atoms with van der Waals surface area (Å²) in [5.41, 5.74) is 0. The van der Waals surface area contributed by atoms with Crippen LogP contribution in [0.25, 0.3) is 0 Å². The molecule has 3 aromatic rings. The van der Waals surface area contributed by atoms with Crippen LogP contribution in [0.5, 0.6) is 0 Å². The van der Waals surface area contributed by atoms with Gasteiger partial charge in [0.2, 0.25) is 0 Å². The van der Waals surface area contributed by atoms with Gasteiger partial charge >= 0.3 is 326 Å². The number of carbonyl (C=O) groups excluding carboxylic acids is 4. The Morgan fingerprint density at radius 3 is 1.33 bits per heavy atom. The third-order valence-corrected chi connectivity index (χ3v) is 18.2. The number of alkyl halides is 3. The van der Waals surface area contributed by atoms with E-state index in [1.54, 1.807) is 44.2 Å². The molecule has 0 spiro atoms. The summed E-state index contributed by atoms with van der Waals surface area (Å²) in [6.07, 6.45) is -5.11. The molecule has 6 atom stereocenters. The number of hydrogen-bond donors (Lipinski definition) is 3. The maximum atomic E-state index is 14.2. The fourth-order valence-electron chi connectivity index (χ4n) is 4.73. The topological polar surface area (TPSA) is 114 Å². The quantitative estimate of drug-likeness (QED) is 0.134. The summed E-state index contributed by atoms with van der Waals surface area (Å²) in [5, 5.41) is 7.94. The van der Waals surface area contributed by atoms with Gasteiger partial charge in [-0.05, 0) is 0 Å². The Morgan fingerprint density at radius 2 is 0.962 bits per heavy atom. The Labute approximate surface area is 324 Å². The third-order valence-electron chi connectivity index (χ3n) is 7.58. The van der Waals surface area contributed by atoms with E-state index in [2.05, 4.69) is 30.3 Å². The van der Waals surface area contributed by atoms with Crippen LogP contribution in [0.2, 0.25) is 40.1 Å². The van der Waals surface area contributed by atoms with E-state index in [0.29, 0.717) is 6.61 Å². The van der Waals surface area contributed by atoms with Crippen molar-refractivity contribution < 1.29 is 37.1 Å². The van der Waals surface area contributed by atoms with Crippen LogP contribution in [0.4, 0.5) is 13.2 Å². The van der Waals surface area contributed by atoms with Gasteiger partial charge in [0.05, 0.1) is 0 Å². The zero-order valence-corrected chi connectivity index (χ0v) is 36.1. The number of hydrogen-bond acceptors (Lipinski definition) is 5. The molecule has 8 nitrogen and oxygen atoms in total. The van der Waals surface area contributed by atoms with Gasteiger partial charge in [-0.25, -0.2) is 0 Å². The summed E-state index contributed by atoms with van der Waals surface area (Å²) in [6, 6.07) is 26.2. The molecule has 0 aliphatic rings. The molecular weight excluding hydrogens is 888 g/mol. The average Bonchev–Trinajstić information content (AvgIpc) is 3.08. The SMILES string of the molecule is C[C@H](NC(=O)[C@@H]([Se]c1ccccc1)[C@H](C)NC(=O)C(F)(F)F)[C@H]([Se]c1ccccc1)C(=O)N[C@@H](C)[C@H]([Se]c1ccccc1)C(=O)OCC[Si](C)(C)C. The van der Waals surface area contributed by atoms with Gasteiger partial charge in [-0.2, -0.15) is 0 Å². The molecule has 0 fully saturated rings. The minimum atomic E-state index is -5.11. The summed E-state index contributed by atoms with van der Waals surface area (Å²) in [4.78, 5) is 51.1. The number of halogens is 3. The van der Waals surface area contributed by atoms with Crippen molar-refractivity contribution in [2.75, 3.05) is 6.61 Å². The van der Waals surface area contributed by atoms with E-state index >= 15 is 0 Å². The molecule has 0 aliphatic heterocycles. The molecule has 282 valence electrons. The summed E-state index contributed by atoms with van der Waals surface area (Å²) in [5.74, 6) is -3.44. The molecule has 0 unspecified atom stereocenters. The van der Waals surface area contributed by atoms with Crippen molar-refractivity contribution in [1.82, 2.24) is 16.0 Å². The van der Waals surface area contributed by atoms with E-state index in [4.69, 9.17) is 4.74 Å². The molecule has 52 heavy (non-hydrogen) atoms. The molecule has 3 rings (SSSR count). The molecule has 0 bridgehead atoms. The first-order valence-electron chi connectivity index (χ1n) is 16.7. The Bertz CT molecular complexity index is 1600. The number of carbonyl (C=O) groups is 4. The summed E-state index contributed by atoms with van der Waals surface area (Å²) < 4.78 is 47.9. The molecular formula is C37H46F3N3O5Se3Si. The molecule has 15 heteroatoms. The average molecular weight is 935 g/mol. The number of ether oxygens (including phenoxy) is 1. The van der Waals surface area contributed by atoms with Crippen LogP contribution in [0.1, 0.15) is 20.8 Å². The monoisotopic (exact) mass is 937 g/mol. The van der Waals surface area contributed by atoms with Gasteiger partial charge in [0.1, 0.15) is 0 Å². The van der Waals surface area contributed by atoms with Crippen molar-refractivity contribution in [1.29, 1.82) is 0 Å². The van der Waals surface area contributed by atoms with E-state index in [9.17, 15) is 32.3 Å². The van der Waals surface area contributed by atoms with Crippen molar-refractivity contribution in [3.05, 3.63) is 91.0 Å². The standard InChI is InChI=1S/C37H46F3N3O5Se3Si/c1-24(41-34(45)31(50-28-18-12-8-13-19-28)25(2)43-36(47)37(38,39)40)30(49-27-16-10-7-11-17-27)33(44)42-26(3)32(51-29-20-14-9-15-21-29)35(46)48-22-23-52(4,5)6/h7-21,24-26,30-32H,22-23H2,1-6H3,(H,41,45)(H,42,44)(H,43,47)/t24-,25-,26-,30-,31-,32-/m0/s1. The second-order valence-electron chi connectivity index (χ2n) is 13.4. The maximum absolute atomic E-state index is 14.2. The van der Waals surface area contributed by atoms with Gasteiger partial charge in [0.15, 0.2) is 0 Å². The van der Waals surface area contributed by atoms with Crippen molar-refractivity contribution in [2.45, 2.75) is 85.2 Å². The molecule has 0 saturated carbocycles. The number of nitrogens with one attached hydrogen (secondary N) is 3. The fraction of sp³-hybridized carbons (Fsp3) is 0.405. The van der Waals surface area contributed by atoms with Crippen molar-refractivity contribution in [2.24, 2.45) is 0 Å². The van der Waals surface area contributed by atoms with Gasteiger partial charge < -0.3 is 0 Å². The zero-order chi connectivity index (χ0) is 38.5. The van der Waals surface area contributed by atoms with Crippen molar-refractivity contribution >= 4 is 90.0 Å². The van der Waals surface area contributed by atoms with E-state index in [-0.39, 0.29) is 26.8 Å². The van der Waals surface area contributed by atoms with Gasteiger partial charge in [-0.3, -0.25) is 0 Å². The molecule has 0 saturated heterocycles. The van der Waals surface area contributed by atoms with Gasteiger partial charge in [0.25, 0.3) is 0 Å². The normalized spacial score (nSPS) is 15.2. The van der Waals surface area contributed by atoms with Crippen LogP contribution in [-0.2, 0) is 23.9 Å². The van der Waals surface area contributed by atoms with Crippen LogP contribution in [-0.4, -0.2) is 108 Å². The number of amides is 3. The predicted molar refractivity (Wildman–Crippen MR) is 205 cm³/mol. The Balaban J connectivity index is 1.86. The van der Waals surface area contributed by atoms with Gasteiger partial charge in [-0.15, -0.1) is 0 Å². The number of benzene rings is 3. The van der Waals surface area contributed by atoms with Crippen LogP contribution in [0.3, 0.4) is 0 Å². The number of rotatable bonds is 18. The molecule has 0 heterocycles. The summed E-state index contributed by atoms with van der Waals surface area (Å²) >= 11 is -1.53. The van der Waals surface area contributed by atoms with Crippen LogP contribution >= 0.6 is 0 Å².